The third-order valence-corrected chi connectivity index (χ3v) is 6.99. The van der Waals surface area contributed by atoms with Gasteiger partial charge in [-0.05, 0) is 38.0 Å². The minimum atomic E-state index is -3.00. The molecule has 1 N–H and O–H groups in total. The molecule has 3 heterocycles. The zero-order valence-electron chi connectivity index (χ0n) is 12.5. The van der Waals surface area contributed by atoms with Crippen LogP contribution in [-0.4, -0.2) is 36.4 Å². The molecular weight excluding hydrogens is 320 g/mol. The monoisotopic (exact) mass is 338 g/mol. The van der Waals surface area contributed by atoms with Crippen molar-refractivity contribution < 1.29 is 13.2 Å². The van der Waals surface area contributed by atoms with Crippen LogP contribution in [0, 0.1) is 13.8 Å². The summed E-state index contributed by atoms with van der Waals surface area (Å²) in [5.74, 6) is 0.0109. The van der Waals surface area contributed by atoms with E-state index in [9.17, 15) is 13.2 Å². The molecule has 2 aromatic rings. The van der Waals surface area contributed by atoms with Gasteiger partial charge in [0, 0.05) is 23.3 Å². The molecule has 5 nitrogen and oxygen atoms in total. The second-order valence-corrected chi connectivity index (χ2v) is 9.06. The SMILES string of the molecule is Cc1sc(-n2cccc2)c(C(=O)NC2CCS(=O)(=O)C2)c1C. The maximum Gasteiger partial charge on any atom is 0.254 e. The molecule has 2 aromatic heterocycles. The van der Waals surface area contributed by atoms with Crippen LogP contribution >= 0.6 is 11.3 Å². The van der Waals surface area contributed by atoms with Crippen molar-refractivity contribution in [2.75, 3.05) is 11.5 Å². The van der Waals surface area contributed by atoms with Gasteiger partial charge in [-0.25, -0.2) is 8.42 Å². The van der Waals surface area contributed by atoms with E-state index in [1.807, 2.05) is 42.9 Å². The maximum atomic E-state index is 12.6. The number of thiophene rings is 1. The van der Waals surface area contributed by atoms with E-state index in [0.717, 1.165) is 15.4 Å². The highest BCUT2D eigenvalue weighted by Crippen LogP contribution is 2.31. The first-order valence-electron chi connectivity index (χ1n) is 7.12. The summed E-state index contributed by atoms with van der Waals surface area (Å²) >= 11 is 1.57. The summed E-state index contributed by atoms with van der Waals surface area (Å²) in [6.07, 6.45) is 4.30. The number of sulfone groups is 1. The number of carbonyl (C=O) groups excluding carboxylic acids is 1. The molecule has 0 bridgehead atoms. The highest BCUT2D eigenvalue weighted by Gasteiger charge is 2.30. The molecule has 0 aromatic carbocycles. The Hall–Kier alpha value is -1.60. The van der Waals surface area contributed by atoms with Crippen molar-refractivity contribution in [2.45, 2.75) is 26.3 Å². The van der Waals surface area contributed by atoms with Crippen molar-refractivity contribution in [3.05, 3.63) is 40.5 Å². The smallest absolute Gasteiger partial charge is 0.254 e. The Morgan fingerprint density at radius 1 is 1.32 bits per heavy atom. The number of hydrogen-bond donors (Lipinski definition) is 1. The van der Waals surface area contributed by atoms with E-state index in [0.29, 0.717) is 12.0 Å². The Kier molecular flexibility index (Phi) is 3.86. The molecule has 0 aliphatic carbocycles. The Labute approximate surface area is 133 Å². The maximum absolute atomic E-state index is 12.6. The van der Waals surface area contributed by atoms with Gasteiger partial charge in [-0.2, -0.15) is 0 Å². The molecule has 0 spiro atoms. The average Bonchev–Trinajstić information content (AvgIpc) is 3.12. The van der Waals surface area contributed by atoms with Crippen molar-refractivity contribution >= 4 is 27.1 Å². The van der Waals surface area contributed by atoms with Gasteiger partial charge in [0.25, 0.3) is 5.91 Å². The molecule has 1 aliphatic rings. The molecule has 1 saturated heterocycles. The van der Waals surface area contributed by atoms with Gasteiger partial charge >= 0.3 is 0 Å². The molecule has 7 heteroatoms. The molecule has 1 aliphatic heterocycles. The molecule has 118 valence electrons. The number of amides is 1. The lowest BCUT2D eigenvalue weighted by Crippen LogP contribution is -2.36. The number of rotatable bonds is 3. The molecule has 1 fully saturated rings. The summed E-state index contributed by atoms with van der Waals surface area (Å²) in [6, 6.07) is 3.54. The standard InChI is InChI=1S/C15H18N2O3S2/c1-10-11(2)21-15(17-6-3-4-7-17)13(10)14(18)16-12-5-8-22(19,20)9-12/h3-4,6-7,12H,5,8-9H2,1-2H3,(H,16,18). The van der Waals surface area contributed by atoms with Gasteiger partial charge in [0.1, 0.15) is 5.00 Å². The van der Waals surface area contributed by atoms with E-state index >= 15 is 0 Å². The topological polar surface area (TPSA) is 68.2 Å². The van der Waals surface area contributed by atoms with E-state index in [1.54, 1.807) is 11.3 Å². The van der Waals surface area contributed by atoms with Gasteiger partial charge in [-0.3, -0.25) is 4.79 Å². The van der Waals surface area contributed by atoms with E-state index in [2.05, 4.69) is 5.32 Å². The van der Waals surface area contributed by atoms with Crippen LogP contribution < -0.4 is 5.32 Å². The van der Waals surface area contributed by atoms with Crippen LogP contribution in [0.15, 0.2) is 24.5 Å². The van der Waals surface area contributed by atoms with Crippen LogP contribution in [0.4, 0.5) is 0 Å². The van der Waals surface area contributed by atoms with Crippen LogP contribution in [0.1, 0.15) is 27.2 Å². The quantitative estimate of drug-likeness (QED) is 0.931. The summed E-state index contributed by atoms with van der Waals surface area (Å²) in [7, 11) is -3.00. The normalized spacial score (nSPS) is 20.2. The lowest BCUT2D eigenvalue weighted by atomic mass is 10.1. The van der Waals surface area contributed by atoms with Crippen molar-refractivity contribution in [1.29, 1.82) is 0 Å². The van der Waals surface area contributed by atoms with Gasteiger partial charge < -0.3 is 9.88 Å². The van der Waals surface area contributed by atoms with Crippen LogP contribution in [0.2, 0.25) is 0 Å². The number of nitrogens with zero attached hydrogens (tertiary/aromatic N) is 1. The average molecular weight is 338 g/mol. The molecule has 1 atom stereocenters. The van der Waals surface area contributed by atoms with Crippen LogP contribution in [0.25, 0.3) is 5.00 Å². The van der Waals surface area contributed by atoms with Crippen LogP contribution in [-0.2, 0) is 9.84 Å². The van der Waals surface area contributed by atoms with Crippen LogP contribution in [0.3, 0.4) is 0 Å². The Balaban J connectivity index is 1.90. The molecule has 0 radical (unpaired) electrons. The fourth-order valence-electron chi connectivity index (χ4n) is 2.69. The number of hydrogen-bond acceptors (Lipinski definition) is 4. The summed E-state index contributed by atoms with van der Waals surface area (Å²) < 4.78 is 25.0. The Morgan fingerprint density at radius 3 is 2.59 bits per heavy atom. The summed E-state index contributed by atoms with van der Waals surface area (Å²) in [4.78, 5) is 13.7. The minimum absolute atomic E-state index is 0.0414. The number of carbonyl (C=O) groups is 1. The fraction of sp³-hybridized carbons (Fsp3) is 0.400. The molecule has 1 amide bonds. The highest BCUT2D eigenvalue weighted by atomic mass is 32.2. The first-order chi connectivity index (χ1) is 10.4. The van der Waals surface area contributed by atoms with Crippen molar-refractivity contribution in [3.63, 3.8) is 0 Å². The number of aryl methyl sites for hydroxylation is 1. The predicted octanol–water partition coefficient (Wildman–Crippen LogP) is 2.07. The van der Waals surface area contributed by atoms with Gasteiger partial charge in [-0.15, -0.1) is 11.3 Å². The van der Waals surface area contributed by atoms with Gasteiger partial charge in [0.2, 0.25) is 0 Å². The lowest BCUT2D eigenvalue weighted by molar-refractivity contribution is 0.0941. The van der Waals surface area contributed by atoms with Crippen LogP contribution in [0.5, 0.6) is 0 Å². The second-order valence-electron chi connectivity index (χ2n) is 5.63. The summed E-state index contributed by atoms with van der Waals surface area (Å²) in [6.45, 7) is 3.92. The third-order valence-electron chi connectivity index (χ3n) is 4.00. The first kappa shape index (κ1) is 15.3. The summed E-state index contributed by atoms with van der Waals surface area (Å²) in [5, 5.41) is 3.76. The van der Waals surface area contributed by atoms with E-state index < -0.39 is 9.84 Å². The molecule has 1 unspecified atom stereocenters. The third kappa shape index (κ3) is 2.83. The van der Waals surface area contributed by atoms with Gasteiger partial charge in [0.05, 0.1) is 17.1 Å². The Morgan fingerprint density at radius 2 is 2.00 bits per heavy atom. The zero-order valence-corrected chi connectivity index (χ0v) is 14.1. The Bertz CT molecular complexity index is 804. The molecular formula is C15H18N2O3S2. The minimum Gasteiger partial charge on any atom is -0.348 e. The molecule has 0 saturated carbocycles. The van der Waals surface area contributed by atoms with Crippen molar-refractivity contribution in [3.8, 4) is 5.00 Å². The first-order valence-corrected chi connectivity index (χ1v) is 9.76. The molecule has 3 rings (SSSR count). The number of aromatic nitrogens is 1. The highest BCUT2D eigenvalue weighted by molar-refractivity contribution is 7.91. The number of nitrogens with one attached hydrogen (secondary N) is 1. The lowest BCUT2D eigenvalue weighted by Gasteiger charge is -2.12. The van der Waals surface area contributed by atoms with E-state index in [-0.39, 0.29) is 23.5 Å². The van der Waals surface area contributed by atoms with E-state index in [1.165, 1.54) is 0 Å². The van der Waals surface area contributed by atoms with Crippen molar-refractivity contribution in [2.24, 2.45) is 0 Å². The van der Waals surface area contributed by atoms with Crippen molar-refractivity contribution in [1.82, 2.24) is 9.88 Å². The second kappa shape index (κ2) is 5.55. The summed E-state index contributed by atoms with van der Waals surface area (Å²) in [5.41, 5.74) is 1.59. The van der Waals surface area contributed by atoms with Gasteiger partial charge in [0.15, 0.2) is 9.84 Å². The van der Waals surface area contributed by atoms with E-state index in [4.69, 9.17) is 0 Å². The zero-order chi connectivity index (χ0) is 15.9. The van der Waals surface area contributed by atoms with Gasteiger partial charge in [-0.1, -0.05) is 0 Å². The largest absolute Gasteiger partial charge is 0.348 e. The predicted molar refractivity (Wildman–Crippen MR) is 87.6 cm³/mol. The molecule has 22 heavy (non-hydrogen) atoms. The fourth-order valence-corrected chi connectivity index (χ4v) is 5.49.